The van der Waals surface area contributed by atoms with Gasteiger partial charge in [-0.1, -0.05) is 28.1 Å². The molecule has 2 aromatic rings. The van der Waals surface area contributed by atoms with Crippen LogP contribution < -0.4 is 0 Å². The zero-order valence-electron chi connectivity index (χ0n) is 9.70. The van der Waals surface area contributed by atoms with Gasteiger partial charge in [-0.15, -0.1) is 11.8 Å². The van der Waals surface area contributed by atoms with E-state index in [1.165, 1.54) is 17.8 Å². The zero-order valence-corrected chi connectivity index (χ0v) is 12.1. The van der Waals surface area contributed by atoms with Gasteiger partial charge in [-0.05, 0) is 30.3 Å². The predicted octanol–water partition coefficient (Wildman–Crippen LogP) is 4.70. The standard InChI is InChI=1S/C14H9BrF2OS/c15-9-3-1-4-10(7-9)19-8-13(18)14-11(16)5-2-6-12(14)17/h1-7H,8H2. The number of rotatable bonds is 4. The smallest absolute Gasteiger partial charge is 0.178 e. The average Bonchev–Trinajstić information content (AvgIpc) is 2.36. The molecule has 0 spiro atoms. The Labute approximate surface area is 122 Å². The fourth-order valence-electron chi connectivity index (χ4n) is 1.54. The third-order valence-corrected chi connectivity index (χ3v) is 3.89. The van der Waals surface area contributed by atoms with Gasteiger partial charge in [0.25, 0.3) is 0 Å². The molecule has 98 valence electrons. The van der Waals surface area contributed by atoms with Gasteiger partial charge in [0.15, 0.2) is 5.78 Å². The molecule has 0 saturated heterocycles. The first-order chi connectivity index (χ1) is 9.08. The fraction of sp³-hybridized carbons (Fsp3) is 0.0714. The van der Waals surface area contributed by atoms with Crippen LogP contribution in [0.5, 0.6) is 0 Å². The number of ketones is 1. The second kappa shape index (κ2) is 6.30. The summed E-state index contributed by atoms with van der Waals surface area (Å²) in [5, 5.41) is 0. The summed E-state index contributed by atoms with van der Waals surface area (Å²) in [5.74, 6) is -2.20. The van der Waals surface area contributed by atoms with E-state index in [1.807, 2.05) is 24.3 Å². The Hall–Kier alpha value is -1.20. The van der Waals surface area contributed by atoms with Crippen LogP contribution in [0.1, 0.15) is 10.4 Å². The van der Waals surface area contributed by atoms with Crippen molar-refractivity contribution < 1.29 is 13.6 Å². The number of Topliss-reactive ketones (excluding diaryl/α,β-unsaturated/α-hetero) is 1. The third kappa shape index (κ3) is 3.64. The first-order valence-electron chi connectivity index (χ1n) is 5.43. The fourth-order valence-corrected chi connectivity index (χ4v) is 2.92. The Bertz CT molecular complexity index is 596. The highest BCUT2D eigenvalue weighted by Gasteiger charge is 2.16. The molecule has 0 heterocycles. The molecule has 1 nitrogen and oxygen atoms in total. The Morgan fingerprint density at radius 2 is 1.74 bits per heavy atom. The Morgan fingerprint density at radius 1 is 1.11 bits per heavy atom. The number of halogens is 3. The molecule has 0 amide bonds. The van der Waals surface area contributed by atoms with E-state index < -0.39 is 23.0 Å². The van der Waals surface area contributed by atoms with Crippen molar-refractivity contribution in [3.8, 4) is 0 Å². The van der Waals surface area contributed by atoms with Crippen LogP contribution in [0.25, 0.3) is 0 Å². The maximum Gasteiger partial charge on any atom is 0.178 e. The first kappa shape index (κ1) is 14.2. The summed E-state index contributed by atoms with van der Waals surface area (Å²) >= 11 is 4.56. The Morgan fingerprint density at radius 3 is 2.37 bits per heavy atom. The normalized spacial score (nSPS) is 10.5. The monoisotopic (exact) mass is 342 g/mol. The van der Waals surface area contributed by atoms with Crippen molar-refractivity contribution in [1.29, 1.82) is 0 Å². The zero-order chi connectivity index (χ0) is 13.8. The van der Waals surface area contributed by atoms with E-state index in [4.69, 9.17) is 0 Å². The van der Waals surface area contributed by atoms with Crippen LogP contribution in [0.4, 0.5) is 8.78 Å². The van der Waals surface area contributed by atoms with Crippen LogP contribution in [-0.4, -0.2) is 11.5 Å². The lowest BCUT2D eigenvalue weighted by molar-refractivity contribution is 0.101. The quantitative estimate of drug-likeness (QED) is 0.591. The molecule has 0 fully saturated rings. The molecule has 0 aliphatic heterocycles. The lowest BCUT2D eigenvalue weighted by Crippen LogP contribution is -2.08. The van der Waals surface area contributed by atoms with Crippen LogP contribution in [0, 0.1) is 11.6 Å². The lowest BCUT2D eigenvalue weighted by Gasteiger charge is -2.04. The Balaban J connectivity index is 2.10. The largest absolute Gasteiger partial charge is 0.293 e. The summed E-state index contributed by atoms with van der Waals surface area (Å²) in [6, 6.07) is 10.8. The summed E-state index contributed by atoms with van der Waals surface area (Å²) in [6.45, 7) is 0. The number of thioether (sulfide) groups is 1. The van der Waals surface area contributed by atoms with Gasteiger partial charge in [0.1, 0.15) is 11.6 Å². The number of carbonyl (C=O) groups is 1. The summed E-state index contributed by atoms with van der Waals surface area (Å²) < 4.78 is 27.7. The van der Waals surface area contributed by atoms with E-state index in [-0.39, 0.29) is 5.75 Å². The first-order valence-corrected chi connectivity index (χ1v) is 7.21. The van der Waals surface area contributed by atoms with Crippen molar-refractivity contribution >= 4 is 33.5 Å². The highest BCUT2D eigenvalue weighted by molar-refractivity contribution is 9.10. The summed E-state index contributed by atoms with van der Waals surface area (Å²) in [6.07, 6.45) is 0. The predicted molar refractivity (Wildman–Crippen MR) is 75.6 cm³/mol. The van der Waals surface area contributed by atoms with Crippen molar-refractivity contribution in [2.45, 2.75) is 4.90 Å². The van der Waals surface area contributed by atoms with Gasteiger partial charge in [0.2, 0.25) is 0 Å². The minimum absolute atomic E-state index is 0.00565. The molecule has 0 saturated carbocycles. The van der Waals surface area contributed by atoms with Crippen LogP contribution in [0.3, 0.4) is 0 Å². The Kier molecular flexibility index (Phi) is 4.71. The molecule has 5 heteroatoms. The van der Waals surface area contributed by atoms with E-state index in [0.717, 1.165) is 21.5 Å². The second-order valence-corrected chi connectivity index (χ2v) is 5.73. The van der Waals surface area contributed by atoms with E-state index in [2.05, 4.69) is 15.9 Å². The minimum Gasteiger partial charge on any atom is -0.293 e. The molecular formula is C14H9BrF2OS. The van der Waals surface area contributed by atoms with E-state index >= 15 is 0 Å². The van der Waals surface area contributed by atoms with Gasteiger partial charge in [0.05, 0.1) is 11.3 Å². The van der Waals surface area contributed by atoms with Crippen LogP contribution in [-0.2, 0) is 0 Å². The maximum absolute atomic E-state index is 13.4. The summed E-state index contributed by atoms with van der Waals surface area (Å²) in [4.78, 5) is 12.7. The van der Waals surface area contributed by atoms with Crippen molar-refractivity contribution in [2.24, 2.45) is 0 Å². The molecular weight excluding hydrogens is 334 g/mol. The molecule has 0 aliphatic carbocycles. The highest BCUT2D eigenvalue weighted by Crippen LogP contribution is 2.23. The highest BCUT2D eigenvalue weighted by atomic mass is 79.9. The van der Waals surface area contributed by atoms with Gasteiger partial charge >= 0.3 is 0 Å². The molecule has 2 aromatic carbocycles. The maximum atomic E-state index is 13.4. The molecule has 0 atom stereocenters. The van der Waals surface area contributed by atoms with E-state index in [0.29, 0.717) is 0 Å². The molecule has 0 aromatic heterocycles. The van der Waals surface area contributed by atoms with Crippen LogP contribution in [0.2, 0.25) is 0 Å². The number of carbonyl (C=O) groups excluding carboxylic acids is 1. The van der Waals surface area contributed by atoms with Crippen molar-refractivity contribution in [3.63, 3.8) is 0 Å². The van der Waals surface area contributed by atoms with Crippen molar-refractivity contribution in [1.82, 2.24) is 0 Å². The van der Waals surface area contributed by atoms with Crippen LogP contribution in [0.15, 0.2) is 51.8 Å². The summed E-state index contributed by atoms with van der Waals surface area (Å²) in [7, 11) is 0. The van der Waals surface area contributed by atoms with Gasteiger partial charge in [-0.25, -0.2) is 8.78 Å². The van der Waals surface area contributed by atoms with E-state index in [9.17, 15) is 13.6 Å². The van der Waals surface area contributed by atoms with Crippen molar-refractivity contribution in [3.05, 3.63) is 64.1 Å². The van der Waals surface area contributed by atoms with Gasteiger partial charge in [-0.2, -0.15) is 0 Å². The van der Waals surface area contributed by atoms with Crippen molar-refractivity contribution in [2.75, 3.05) is 5.75 Å². The molecule has 0 unspecified atom stereocenters. The number of hydrogen-bond acceptors (Lipinski definition) is 2. The molecule has 19 heavy (non-hydrogen) atoms. The molecule has 0 radical (unpaired) electrons. The topological polar surface area (TPSA) is 17.1 Å². The average molecular weight is 343 g/mol. The van der Waals surface area contributed by atoms with Gasteiger partial charge in [-0.3, -0.25) is 4.79 Å². The minimum atomic E-state index is -0.820. The molecule has 2 rings (SSSR count). The third-order valence-electron chi connectivity index (χ3n) is 2.41. The second-order valence-electron chi connectivity index (χ2n) is 3.77. The lowest BCUT2D eigenvalue weighted by atomic mass is 10.1. The van der Waals surface area contributed by atoms with Crippen LogP contribution >= 0.6 is 27.7 Å². The molecule has 0 N–H and O–H groups in total. The number of hydrogen-bond donors (Lipinski definition) is 0. The molecule has 0 aliphatic rings. The molecule has 0 bridgehead atoms. The summed E-state index contributed by atoms with van der Waals surface area (Å²) in [5.41, 5.74) is -0.468. The van der Waals surface area contributed by atoms with Gasteiger partial charge < -0.3 is 0 Å². The van der Waals surface area contributed by atoms with Gasteiger partial charge in [0, 0.05) is 9.37 Å². The SMILES string of the molecule is O=C(CSc1cccc(Br)c1)c1c(F)cccc1F. The number of benzene rings is 2. The van der Waals surface area contributed by atoms with E-state index in [1.54, 1.807) is 0 Å².